The summed E-state index contributed by atoms with van der Waals surface area (Å²) in [6, 6.07) is 3.81. The molecule has 0 aliphatic carbocycles. The van der Waals surface area contributed by atoms with Crippen molar-refractivity contribution in [1.29, 1.82) is 0 Å². The first-order chi connectivity index (χ1) is 7.58. The summed E-state index contributed by atoms with van der Waals surface area (Å²) in [7, 11) is 0. The fourth-order valence-corrected chi connectivity index (χ4v) is 2.82. The zero-order valence-corrected chi connectivity index (χ0v) is 11.9. The Balaban J connectivity index is 3.03. The molecule has 1 rings (SSSR count). The summed E-state index contributed by atoms with van der Waals surface area (Å²) in [6.07, 6.45) is 4.04. The van der Waals surface area contributed by atoms with E-state index in [1.54, 1.807) is 0 Å². The molecule has 0 spiro atoms. The fourth-order valence-electron chi connectivity index (χ4n) is 1.85. The van der Waals surface area contributed by atoms with E-state index in [0.717, 1.165) is 30.3 Å². The van der Waals surface area contributed by atoms with Gasteiger partial charge in [-0.05, 0) is 31.2 Å². The lowest BCUT2D eigenvalue weighted by molar-refractivity contribution is 0.256. The van der Waals surface area contributed by atoms with Gasteiger partial charge < -0.3 is 4.57 Å². The normalized spacial score (nSPS) is 11.8. The average Bonchev–Trinajstić information content (AvgIpc) is 2.32. The largest absolute Gasteiger partial charge is 0.315 e. The highest BCUT2D eigenvalue weighted by molar-refractivity contribution is 9.09. The van der Waals surface area contributed by atoms with Crippen LogP contribution in [0.3, 0.4) is 0 Å². The minimum atomic E-state index is 0.134. The molecular formula is C13H20BrNO. The molecule has 1 aromatic rings. The SMILES string of the molecule is CCC(CC)(CBr)Cn1cccc(C)c1=O. The van der Waals surface area contributed by atoms with Gasteiger partial charge in [0, 0.05) is 23.6 Å². The molecule has 0 aromatic carbocycles. The van der Waals surface area contributed by atoms with Crippen LogP contribution in [0.25, 0.3) is 0 Å². The summed E-state index contributed by atoms with van der Waals surface area (Å²) in [5, 5.41) is 0.938. The zero-order chi connectivity index (χ0) is 12.2. The Morgan fingerprint density at radius 2 is 2.00 bits per heavy atom. The van der Waals surface area contributed by atoms with E-state index in [4.69, 9.17) is 0 Å². The van der Waals surface area contributed by atoms with Gasteiger partial charge in [0.1, 0.15) is 0 Å². The van der Waals surface area contributed by atoms with Crippen LogP contribution in [0.2, 0.25) is 0 Å². The third kappa shape index (κ3) is 2.76. The van der Waals surface area contributed by atoms with E-state index in [1.165, 1.54) is 0 Å². The van der Waals surface area contributed by atoms with Crippen molar-refractivity contribution in [2.45, 2.75) is 40.2 Å². The Bertz CT molecular complexity index is 385. The number of pyridine rings is 1. The molecule has 16 heavy (non-hydrogen) atoms. The van der Waals surface area contributed by atoms with Crippen LogP contribution in [-0.4, -0.2) is 9.90 Å². The molecule has 3 heteroatoms. The molecule has 0 saturated carbocycles. The highest BCUT2D eigenvalue weighted by Crippen LogP contribution is 2.30. The second-order valence-electron chi connectivity index (χ2n) is 4.46. The van der Waals surface area contributed by atoms with Crippen LogP contribution >= 0.6 is 15.9 Å². The first kappa shape index (κ1) is 13.5. The van der Waals surface area contributed by atoms with Crippen LogP contribution in [0.1, 0.15) is 32.3 Å². The summed E-state index contributed by atoms with van der Waals surface area (Å²) in [4.78, 5) is 11.9. The molecule has 0 radical (unpaired) electrons. The Morgan fingerprint density at radius 1 is 1.38 bits per heavy atom. The lowest BCUT2D eigenvalue weighted by Gasteiger charge is -2.30. The Kier molecular flexibility index (Phi) is 4.78. The lowest BCUT2D eigenvalue weighted by Crippen LogP contribution is -2.33. The van der Waals surface area contributed by atoms with E-state index in [-0.39, 0.29) is 11.0 Å². The van der Waals surface area contributed by atoms with Crippen molar-refractivity contribution < 1.29 is 0 Å². The summed E-state index contributed by atoms with van der Waals surface area (Å²) < 4.78 is 1.84. The molecular weight excluding hydrogens is 266 g/mol. The van der Waals surface area contributed by atoms with Crippen molar-refractivity contribution in [2.75, 3.05) is 5.33 Å². The van der Waals surface area contributed by atoms with Crippen LogP contribution in [0.5, 0.6) is 0 Å². The number of hydrogen-bond acceptors (Lipinski definition) is 1. The first-order valence-corrected chi connectivity index (χ1v) is 6.92. The molecule has 0 bridgehead atoms. The Morgan fingerprint density at radius 3 is 2.50 bits per heavy atom. The van der Waals surface area contributed by atoms with E-state index in [0.29, 0.717) is 0 Å². The third-order valence-electron chi connectivity index (χ3n) is 3.50. The first-order valence-electron chi connectivity index (χ1n) is 5.80. The van der Waals surface area contributed by atoms with Gasteiger partial charge in [0.25, 0.3) is 5.56 Å². The van der Waals surface area contributed by atoms with Gasteiger partial charge in [-0.1, -0.05) is 35.8 Å². The number of halogens is 1. The summed E-state index contributed by atoms with van der Waals surface area (Å²) in [6.45, 7) is 7.04. The number of rotatable bonds is 5. The smallest absolute Gasteiger partial charge is 0.253 e. The van der Waals surface area contributed by atoms with Crippen molar-refractivity contribution in [3.8, 4) is 0 Å². The molecule has 0 aliphatic heterocycles. The Hall–Kier alpha value is -0.570. The highest BCUT2D eigenvalue weighted by Gasteiger charge is 2.25. The van der Waals surface area contributed by atoms with Gasteiger partial charge in [0.15, 0.2) is 0 Å². The second-order valence-corrected chi connectivity index (χ2v) is 5.03. The molecule has 0 atom stereocenters. The molecule has 0 aliphatic rings. The van der Waals surface area contributed by atoms with Crippen LogP contribution in [0, 0.1) is 12.3 Å². The molecule has 0 N–H and O–H groups in total. The minimum absolute atomic E-state index is 0.134. The quantitative estimate of drug-likeness (QED) is 0.761. The topological polar surface area (TPSA) is 22.0 Å². The van der Waals surface area contributed by atoms with E-state index in [2.05, 4.69) is 29.8 Å². The number of hydrogen-bond donors (Lipinski definition) is 0. The monoisotopic (exact) mass is 285 g/mol. The summed E-state index contributed by atoms with van der Waals surface area (Å²) in [5.41, 5.74) is 1.14. The van der Waals surface area contributed by atoms with Crippen molar-refractivity contribution in [3.63, 3.8) is 0 Å². The van der Waals surface area contributed by atoms with Gasteiger partial charge in [-0.3, -0.25) is 4.79 Å². The van der Waals surface area contributed by atoms with Gasteiger partial charge in [-0.2, -0.15) is 0 Å². The van der Waals surface area contributed by atoms with E-state index in [9.17, 15) is 4.79 Å². The van der Waals surface area contributed by atoms with Crippen LogP contribution in [0.4, 0.5) is 0 Å². The zero-order valence-electron chi connectivity index (χ0n) is 10.3. The number of alkyl halides is 1. The highest BCUT2D eigenvalue weighted by atomic mass is 79.9. The van der Waals surface area contributed by atoms with Gasteiger partial charge in [0.2, 0.25) is 0 Å². The molecule has 0 fully saturated rings. The van der Waals surface area contributed by atoms with Crippen LogP contribution in [-0.2, 0) is 6.54 Å². The van der Waals surface area contributed by atoms with E-state index < -0.39 is 0 Å². The molecule has 1 heterocycles. The van der Waals surface area contributed by atoms with E-state index in [1.807, 2.05) is 29.8 Å². The van der Waals surface area contributed by atoms with Gasteiger partial charge in [0.05, 0.1) is 0 Å². The number of nitrogens with zero attached hydrogens (tertiary/aromatic N) is 1. The van der Waals surface area contributed by atoms with E-state index >= 15 is 0 Å². The fraction of sp³-hybridized carbons (Fsp3) is 0.615. The van der Waals surface area contributed by atoms with Crippen LogP contribution < -0.4 is 5.56 Å². The molecule has 1 aromatic heterocycles. The maximum atomic E-state index is 11.9. The molecule has 0 unspecified atom stereocenters. The van der Waals surface area contributed by atoms with Gasteiger partial charge >= 0.3 is 0 Å². The Labute approximate surface area is 106 Å². The minimum Gasteiger partial charge on any atom is -0.315 e. The molecule has 0 saturated heterocycles. The number of aromatic nitrogens is 1. The molecule has 2 nitrogen and oxygen atoms in total. The maximum Gasteiger partial charge on any atom is 0.253 e. The second kappa shape index (κ2) is 5.67. The van der Waals surface area contributed by atoms with Gasteiger partial charge in [-0.15, -0.1) is 0 Å². The van der Waals surface area contributed by atoms with Crippen molar-refractivity contribution in [1.82, 2.24) is 4.57 Å². The predicted octanol–water partition coefficient (Wildman–Crippen LogP) is 3.36. The average molecular weight is 286 g/mol. The number of aryl methyl sites for hydroxylation is 1. The maximum absolute atomic E-state index is 11.9. The lowest BCUT2D eigenvalue weighted by atomic mass is 9.84. The third-order valence-corrected chi connectivity index (χ3v) is 4.69. The van der Waals surface area contributed by atoms with Gasteiger partial charge in [-0.25, -0.2) is 0 Å². The standard InChI is InChI=1S/C13H20BrNO/c1-4-13(5-2,9-14)10-15-8-6-7-11(3)12(15)16/h6-8H,4-5,9-10H2,1-3H3. The molecule has 90 valence electrons. The van der Waals surface area contributed by atoms with Crippen molar-refractivity contribution >= 4 is 15.9 Å². The van der Waals surface area contributed by atoms with Crippen LogP contribution in [0.15, 0.2) is 23.1 Å². The van der Waals surface area contributed by atoms with Crippen molar-refractivity contribution in [3.05, 3.63) is 34.2 Å². The predicted molar refractivity (Wildman–Crippen MR) is 72.2 cm³/mol. The van der Waals surface area contributed by atoms with Crippen molar-refractivity contribution in [2.24, 2.45) is 5.41 Å². The molecule has 0 amide bonds. The summed E-state index contributed by atoms with van der Waals surface area (Å²) >= 11 is 3.58. The summed E-state index contributed by atoms with van der Waals surface area (Å²) in [5.74, 6) is 0.